The maximum atomic E-state index is 6.15. The molecule has 0 amide bonds. The Hall–Kier alpha value is -3.82. The third-order valence-electron chi connectivity index (χ3n) is 6.76. The fourth-order valence-corrected chi connectivity index (χ4v) is 4.99. The van der Waals surface area contributed by atoms with E-state index in [0.29, 0.717) is 5.82 Å². The van der Waals surface area contributed by atoms with Crippen LogP contribution in [0.3, 0.4) is 0 Å². The first-order chi connectivity index (χ1) is 17.1. The van der Waals surface area contributed by atoms with Crippen molar-refractivity contribution in [3.8, 4) is 11.4 Å². The Morgan fingerprint density at radius 1 is 1.09 bits per heavy atom. The van der Waals surface area contributed by atoms with Gasteiger partial charge in [-0.1, -0.05) is 12.1 Å². The van der Waals surface area contributed by atoms with Crippen LogP contribution in [0.5, 0.6) is 0 Å². The summed E-state index contributed by atoms with van der Waals surface area (Å²) in [4.78, 5) is 16.2. The number of rotatable bonds is 5. The molecule has 35 heavy (non-hydrogen) atoms. The van der Waals surface area contributed by atoms with Gasteiger partial charge in [0.1, 0.15) is 12.1 Å². The number of aryl methyl sites for hydroxylation is 1. The van der Waals surface area contributed by atoms with Crippen LogP contribution in [0, 0.1) is 6.92 Å². The monoisotopic (exact) mass is 468 g/mol. The van der Waals surface area contributed by atoms with Gasteiger partial charge in [-0.25, -0.2) is 19.6 Å². The number of morpholine rings is 1. The summed E-state index contributed by atoms with van der Waals surface area (Å²) >= 11 is 0. The first-order valence-electron chi connectivity index (χ1n) is 11.9. The van der Waals surface area contributed by atoms with Gasteiger partial charge in [0.15, 0.2) is 5.65 Å². The number of fused-ring (bicyclic) bond motifs is 2. The highest BCUT2D eigenvalue weighted by atomic mass is 16.5. The van der Waals surface area contributed by atoms with Gasteiger partial charge in [0.25, 0.3) is 0 Å². The number of ether oxygens (including phenoxy) is 1. The van der Waals surface area contributed by atoms with Crippen molar-refractivity contribution in [2.75, 3.05) is 32.0 Å². The van der Waals surface area contributed by atoms with Crippen LogP contribution in [0.2, 0.25) is 0 Å². The van der Waals surface area contributed by atoms with Crippen LogP contribution in [0.15, 0.2) is 55.0 Å². The van der Waals surface area contributed by atoms with Gasteiger partial charge in [-0.3, -0.25) is 4.90 Å². The average molecular weight is 469 g/mol. The van der Waals surface area contributed by atoms with Crippen molar-refractivity contribution in [2.45, 2.75) is 26.4 Å². The Balaban J connectivity index is 1.47. The molecule has 9 nitrogen and oxygen atoms in total. The van der Waals surface area contributed by atoms with E-state index in [1.165, 1.54) is 6.33 Å². The Labute approximate surface area is 203 Å². The van der Waals surface area contributed by atoms with E-state index in [9.17, 15) is 0 Å². The van der Waals surface area contributed by atoms with E-state index in [-0.39, 0.29) is 6.04 Å². The molecule has 5 aromatic rings. The van der Waals surface area contributed by atoms with E-state index in [1.807, 2.05) is 17.7 Å². The minimum Gasteiger partial charge on any atom is -0.383 e. The summed E-state index contributed by atoms with van der Waals surface area (Å²) in [6.07, 6.45) is 3.58. The van der Waals surface area contributed by atoms with Crippen molar-refractivity contribution >= 4 is 22.4 Å². The van der Waals surface area contributed by atoms with E-state index >= 15 is 0 Å². The molecule has 1 saturated heterocycles. The lowest BCUT2D eigenvalue weighted by Crippen LogP contribution is -2.35. The summed E-state index contributed by atoms with van der Waals surface area (Å²) < 4.78 is 9.65. The van der Waals surface area contributed by atoms with Gasteiger partial charge in [0.05, 0.1) is 47.4 Å². The maximum absolute atomic E-state index is 6.15. The van der Waals surface area contributed by atoms with Crippen LogP contribution in [0.4, 0.5) is 5.82 Å². The first kappa shape index (κ1) is 21.7. The molecule has 6 rings (SSSR count). The molecule has 1 aliphatic rings. The highest BCUT2D eigenvalue weighted by Gasteiger charge is 2.24. The number of hydrogen-bond donors (Lipinski definition) is 1. The quantitative estimate of drug-likeness (QED) is 0.422. The van der Waals surface area contributed by atoms with Crippen LogP contribution in [0.25, 0.3) is 27.9 Å². The molecule has 0 saturated carbocycles. The molecule has 178 valence electrons. The fraction of sp³-hybridized carbons (Fsp3) is 0.308. The zero-order valence-electron chi connectivity index (χ0n) is 19.9. The van der Waals surface area contributed by atoms with Crippen LogP contribution in [-0.4, -0.2) is 60.3 Å². The minimum absolute atomic E-state index is 0.0971. The molecule has 6 heterocycles. The number of aromatic nitrogens is 6. The SMILES string of the molecule is Cc1nn(C(C)c2cc3ccccn3c2-c2cccc(CN3CCOCC3)n2)c2ncnc(N)c12. The number of anilines is 1. The van der Waals surface area contributed by atoms with E-state index in [0.717, 1.165) is 77.7 Å². The van der Waals surface area contributed by atoms with Crippen LogP contribution >= 0.6 is 0 Å². The number of hydrogen-bond acceptors (Lipinski definition) is 7. The lowest BCUT2D eigenvalue weighted by atomic mass is 10.1. The molecule has 0 bridgehead atoms. The van der Waals surface area contributed by atoms with Crippen LogP contribution in [0.1, 0.15) is 29.9 Å². The summed E-state index contributed by atoms with van der Waals surface area (Å²) in [6, 6.07) is 14.6. The molecule has 2 N–H and O–H groups in total. The second kappa shape index (κ2) is 8.75. The fourth-order valence-electron chi connectivity index (χ4n) is 4.99. The highest BCUT2D eigenvalue weighted by Crippen LogP contribution is 2.34. The van der Waals surface area contributed by atoms with Crippen molar-refractivity contribution in [1.82, 2.24) is 34.0 Å². The maximum Gasteiger partial charge on any atom is 0.164 e. The van der Waals surface area contributed by atoms with Crippen molar-refractivity contribution in [2.24, 2.45) is 0 Å². The van der Waals surface area contributed by atoms with Crippen molar-refractivity contribution in [1.29, 1.82) is 0 Å². The summed E-state index contributed by atoms with van der Waals surface area (Å²) in [6.45, 7) is 8.30. The third kappa shape index (κ3) is 3.82. The molecular formula is C26H28N8O. The molecule has 0 spiro atoms. The molecule has 1 aliphatic heterocycles. The number of nitrogens with two attached hydrogens (primary N) is 1. The number of pyridine rings is 2. The van der Waals surface area contributed by atoms with Gasteiger partial charge >= 0.3 is 0 Å². The standard InChI is InChI=1S/C26H28N8O/c1-17-23-25(27)28-16-29-26(23)34(31-17)18(2)21-14-20-7-3-4-9-33(20)24(21)22-8-5-6-19(30-22)15-32-10-12-35-13-11-32/h3-9,14,16,18H,10-13,15H2,1-2H3,(H2,27,28,29). The van der Waals surface area contributed by atoms with Gasteiger partial charge in [-0.2, -0.15) is 5.10 Å². The van der Waals surface area contributed by atoms with Crippen LogP contribution < -0.4 is 5.73 Å². The van der Waals surface area contributed by atoms with E-state index in [2.05, 4.69) is 68.8 Å². The van der Waals surface area contributed by atoms with E-state index in [1.54, 1.807) is 0 Å². The predicted octanol–water partition coefficient (Wildman–Crippen LogP) is 3.47. The molecule has 0 radical (unpaired) electrons. The van der Waals surface area contributed by atoms with Crippen molar-refractivity contribution in [3.63, 3.8) is 0 Å². The molecule has 0 aromatic carbocycles. The minimum atomic E-state index is -0.0971. The average Bonchev–Trinajstić information content (AvgIpc) is 3.43. The Morgan fingerprint density at radius 2 is 1.94 bits per heavy atom. The summed E-state index contributed by atoms with van der Waals surface area (Å²) in [5.41, 5.74) is 13.0. The second-order valence-corrected chi connectivity index (χ2v) is 9.01. The first-order valence-corrected chi connectivity index (χ1v) is 11.9. The third-order valence-corrected chi connectivity index (χ3v) is 6.76. The zero-order chi connectivity index (χ0) is 23.9. The topological polar surface area (TPSA) is 99.4 Å². The second-order valence-electron chi connectivity index (χ2n) is 9.01. The molecule has 1 fully saturated rings. The largest absolute Gasteiger partial charge is 0.383 e. The van der Waals surface area contributed by atoms with Gasteiger partial charge < -0.3 is 14.9 Å². The van der Waals surface area contributed by atoms with Gasteiger partial charge in [-0.05, 0) is 44.2 Å². The van der Waals surface area contributed by atoms with Gasteiger partial charge in [0, 0.05) is 36.9 Å². The van der Waals surface area contributed by atoms with Gasteiger partial charge in [0.2, 0.25) is 0 Å². The summed E-state index contributed by atoms with van der Waals surface area (Å²) in [7, 11) is 0. The molecule has 9 heteroatoms. The molecule has 1 atom stereocenters. The Kier molecular flexibility index (Phi) is 5.43. The lowest BCUT2D eigenvalue weighted by molar-refractivity contribution is 0.0336. The molecule has 0 aliphatic carbocycles. The normalized spacial score (nSPS) is 15.7. The highest BCUT2D eigenvalue weighted by molar-refractivity contribution is 5.88. The molecular weight excluding hydrogens is 440 g/mol. The molecule has 1 unspecified atom stereocenters. The van der Waals surface area contributed by atoms with Crippen LogP contribution in [-0.2, 0) is 11.3 Å². The number of nitrogen functional groups attached to an aromatic ring is 1. The lowest BCUT2D eigenvalue weighted by Gasteiger charge is -2.26. The van der Waals surface area contributed by atoms with Gasteiger partial charge in [-0.15, -0.1) is 0 Å². The van der Waals surface area contributed by atoms with Crippen molar-refractivity contribution in [3.05, 3.63) is 71.9 Å². The smallest absolute Gasteiger partial charge is 0.164 e. The Bertz CT molecular complexity index is 1510. The predicted molar refractivity (Wildman–Crippen MR) is 135 cm³/mol. The summed E-state index contributed by atoms with van der Waals surface area (Å²) in [5.74, 6) is 0.450. The van der Waals surface area contributed by atoms with E-state index in [4.69, 9.17) is 20.6 Å². The zero-order valence-corrected chi connectivity index (χ0v) is 19.9. The van der Waals surface area contributed by atoms with Crippen molar-refractivity contribution < 1.29 is 4.74 Å². The number of nitrogens with zero attached hydrogens (tertiary/aromatic N) is 7. The Morgan fingerprint density at radius 3 is 2.80 bits per heavy atom. The van der Waals surface area contributed by atoms with E-state index < -0.39 is 0 Å². The summed E-state index contributed by atoms with van der Waals surface area (Å²) in [5, 5.41) is 5.61. The molecule has 5 aromatic heterocycles.